The van der Waals surface area contributed by atoms with Gasteiger partial charge in [-0.1, -0.05) is 25.1 Å². The summed E-state index contributed by atoms with van der Waals surface area (Å²) in [4.78, 5) is 6.84. The fourth-order valence-corrected chi connectivity index (χ4v) is 2.53. The Kier molecular flexibility index (Phi) is 4.20. The van der Waals surface area contributed by atoms with E-state index in [-0.39, 0.29) is 0 Å². The van der Waals surface area contributed by atoms with E-state index in [9.17, 15) is 0 Å². The number of benzene rings is 1. The summed E-state index contributed by atoms with van der Waals surface area (Å²) in [7, 11) is 0. The Bertz CT molecular complexity index is 402. The van der Waals surface area contributed by atoms with E-state index in [1.165, 1.54) is 12.8 Å². The number of nitrogens with zero attached hydrogens (tertiary/aromatic N) is 2. The summed E-state index contributed by atoms with van der Waals surface area (Å²) in [5.41, 5.74) is 3.67. The second kappa shape index (κ2) is 5.87. The number of rotatable bonds is 1. The molecule has 0 radical (unpaired) electrons. The van der Waals surface area contributed by atoms with E-state index in [0.29, 0.717) is 6.04 Å². The summed E-state index contributed by atoms with van der Waals surface area (Å²) in [5.74, 6) is 7.17. The van der Waals surface area contributed by atoms with Gasteiger partial charge >= 0.3 is 0 Å². The third-order valence-electron chi connectivity index (χ3n) is 3.53. The van der Waals surface area contributed by atoms with Gasteiger partial charge in [0.05, 0.1) is 5.69 Å². The first-order chi connectivity index (χ1) is 8.70. The zero-order valence-corrected chi connectivity index (χ0v) is 11.1. The van der Waals surface area contributed by atoms with Crippen molar-refractivity contribution in [1.82, 2.24) is 10.3 Å². The van der Waals surface area contributed by atoms with Gasteiger partial charge in [0.15, 0.2) is 0 Å². The first-order valence-electron chi connectivity index (χ1n) is 6.57. The zero-order valence-electron chi connectivity index (χ0n) is 11.1. The third-order valence-corrected chi connectivity index (χ3v) is 3.53. The summed E-state index contributed by atoms with van der Waals surface area (Å²) in [5, 5.41) is 0. The Balaban J connectivity index is 2.16. The second-order valence-electron chi connectivity index (χ2n) is 5.09. The lowest BCUT2D eigenvalue weighted by atomic mass is 9.94. The molecule has 2 rings (SSSR count). The molecule has 3 N–H and O–H groups in total. The Hall–Kier alpha value is -1.55. The molecular formula is C14H22N4. The molecule has 1 fully saturated rings. The van der Waals surface area contributed by atoms with Gasteiger partial charge in [-0.3, -0.25) is 5.43 Å². The number of aliphatic imine (C=N–C) groups is 1. The van der Waals surface area contributed by atoms with Gasteiger partial charge in [0.1, 0.15) is 0 Å². The van der Waals surface area contributed by atoms with Crippen LogP contribution in [0, 0.1) is 5.92 Å². The molecule has 0 aromatic heterocycles. The smallest absolute Gasteiger partial charge is 0.213 e. The average Bonchev–Trinajstić information content (AvgIpc) is 2.38. The maximum absolute atomic E-state index is 5.63. The van der Waals surface area contributed by atoms with Crippen LogP contribution < -0.4 is 11.3 Å². The first kappa shape index (κ1) is 12.9. The zero-order chi connectivity index (χ0) is 13.0. The van der Waals surface area contributed by atoms with Crippen molar-refractivity contribution in [3.05, 3.63) is 30.3 Å². The summed E-state index contributed by atoms with van der Waals surface area (Å²) in [6, 6.07) is 10.4. The molecule has 2 atom stereocenters. The van der Waals surface area contributed by atoms with Crippen molar-refractivity contribution in [2.75, 3.05) is 6.54 Å². The molecule has 0 bridgehead atoms. The largest absolute Gasteiger partial charge is 0.339 e. The standard InChI is InChI=1S/C14H22N4/c1-11-8-9-18(12(2)10-11)14(17-15)16-13-6-4-3-5-7-13/h3-7,11-12H,8-10,15H2,1-2H3,(H,16,17). The molecule has 0 aliphatic carbocycles. The molecule has 1 aromatic carbocycles. The molecule has 0 saturated carbocycles. The average molecular weight is 246 g/mol. The molecule has 4 heteroatoms. The van der Waals surface area contributed by atoms with Crippen molar-refractivity contribution in [1.29, 1.82) is 0 Å². The number of para-hydroxylation sites is 1. The highest BCUT2D eigenvalue weighted by atomic mass is 15.4. The number of hydrogen-bond donors (Lipinski definition) is 2. The maximum atomic E-state index is 5.63. The van der Waals surface area contributed by atoms with Crippen molar-refractivity contribution in [2.45, 2.75) is 32.7 Å². The molecule has 0 spiro atoms. The van der Waals surface area contributed by atoms with E-state index in [4.69, 9.17) is 5.84 Å². The molecular weight excluding hydrogens is 224 g/mol. The van der Waals surface area contributed by atoms with Crippen LogP contribution in [0.3, 0.4) is 0 Å². The molecule has 4 nitrogen and oxygen atoms in total. The van der Waals surface area contributed by atoms with Crippen LogP contribution in [0.25, 0.3) is 0 Å². The van der Waals surface area contributed by atoms with Crippen molar-refractivity contribution in [2.24, 2.45) is 16.8 Å². The van der Waals surface area contributed by atoms with Gasteiger partial charge in [-0.15, -0.1) is 0 Å². The van der Waals surface area contributed by atoms with E-state index < -0.39 is 0 Å². The van der Waals surface area contributed by atoms with Gasteiger partial charge in [-0.25, -0.2) is 10.8 Å². The predicted octanol–water partition coefficient (Wildman–Crippen LogP) is 2.26. The normalized spacial score (nSPS) is 25.1. The minimum absolute atomic E-state index is 0.479. The Labute approximate surface area is 109 Å². The first-order valence-corrected chi connectivity index (χ1v) is 6.57. The van der Waals surface area contributed by atoms with Crippen molar-refractivity contribution < 1.29 is 0 Å². The van der Waals surface area contributed by atoms with E-state index >= 15 is 0 Å². The molecule has 0 amide bonds. The summed E-state index contributed by atoms with van der Waals surface area (Å²) >= 11 is 0. The fourth-order valence-electron chi connectivity index (χ4n) is 2.53. The highest BCUT2D eigenvalue weighted by Crippen LogP contribution is 2.22. The molecule has 1 aromatic rings. The van der Waals surface area contributed by atoms with Crippen LogP contribution >= 0.6 is 0 Å². The van der Waals surface area contributed by atoms with Crippen molar-refractivity contribution in [3.8, 4) is 0 Å². The third kappa shape index (κ3) is 3.01. The minimum atomic E-state index is 0.479. The SMILES string of the molecule is CC1CCN(C(=Nc2ccccc2)NN)C(C)C1. The summed E-state index contributed by atoms with van der Waals surface area (Å²) in [6.07, 6.45) is 2.38. The fraction of sp³-hybridized carbons (Fsp3) is 0.500. The highest BCUT2D eigenvalue weighted by Gasteiger charge is 2.25. The number of likely N-dealkylation sites (tertiary alicyclic amines) is 1. The van der Waals surface area contributed by atoms with Crippen LogP contribution in [0.2, 0.25) is 0 Å². The second-order valence-corrected chi connectivity index (χ2v) is 5.09. The molecule has 1 aliphatic heterocycles. The summed E-state index contributed by atoms with van der Waals surface area (Å²) in [6.45, 7) is 5.55. The molecule has 18 heavy (non-hydrogen) atoms. The highest BCUT2D eigenvalue weighted by molar-refractivity contribution is 5.82. The van der Waals surface area contributed by atoms with E-state index in [0.717, 1.165) is 24.1 Å². The lowest BCUT2D eigenvalue weighted by Crippen LogP contribution is -2.51. The van der Waals surface area contributed by atoms with Gasteiger partial charge in [0, 0.05) is 12.6 Å². The van der Waals surface area contributed by atoms with Crippen LogP contribution in [-0.4, -0.2) is 23.4 Å². The van der Waals surface area contributed by atoms with Crippen LogP contribution in [-0.2, 0) is 0 Å². The van der Waals surface area contributed by atoms with Gasteiger partial charge in [-0.2, -0.15) is 0 Å². The quantitative estimate of drug-likeness (QED) is 0.346. The predicted molar refractivity (Wildman–Crippen MR) is 75.4 cm³/mol. The van der Waals surface area contributed by atoms with Crippen molar-refractivity contribution in [3.63, 3.8) is 0 Å². The Morgan fingerprint density at radius 2 is 2.06 bits per heavy atom. The lowest BCUT2D eigenvalue weighted by molar-refractivity contribution is 0.204. The van der Waals surface area contributed by atoms with Gasteiger partial charge in [-0.05, 0) is 37.8 Å². The number of guanidine groups is 1. The Morgan fingerprint density at radius 3 is 2.67 bits per heavy atom. The molecule has 1 saturated heterocycles. The number of nitrogens with one attached hydrogen (secondary N) is 1. The van der Waals surface area contributed by atoms with Crippen LogP contribution in [0.15, 0.2) is 35.3 Å². The van der Waals surface area contributed by atoms with E-state index in [1.54, 1.807) is 0 Å². The lowest BCUT2D eigenvalue weighted by Gasteiger charge is -2.38. The monoisotopic (exact) mass is 246 g/mol. The molecule has 1 heterocycles. The number of piperidine rings is 1. The Morgan fingerprint density at radius 1 is 1.33 bits per heavy atom. The van der Waals surface area contributed by atoms with Gasteiger partial charge < -0.3 is 4.90 Å². The topological polar surface area (TPSA) is 53.6 Å². The number of nitrogens with two attached hydrogens (primary N) is 1. The number of hydrazine groups is 1. The summed E-state index contributed by atoms with van der Waals surface area (Å²) < 4.78 is 0. The van der Waals surface area contributed by atoms with Gasteiger partial charge in [0.2, 0.25) is 5.96 Å². The van der Waals surface area contributed by atoms with E-state index in [2.05, 4.69) is 29.2 Å². The van der Waals surface area contributed by atoms with Crippen LogP contribution in [0.1, 0.15) is 26.7 Å². The van der Waals surface area contributed by atoms with E-state index in [1.807, 2.05) is 30.3 Å². The van der Waals surface area contributed by atoms with Crippen LogP contribution in [0.4, 0.5) is 5.69 Å². The number of hydrogen-bond acceptors (Lipinski definition) is 2. The van der Waals surface area contributed by atoms with Crippen LogP contribution in [0.5, 0.6) is 0 Å². The molecule has 2 unspecified atom stereocenters. The van der Waals surface area contributed by atoms with Crippen molar-refractivity contribution >= 4 is 11.6 Å². The molecule has 98 valence electrons. The maximum Gasteiger partial charge on any atom is 0.213 e. The molecule has 1 aliphatic rings. The van der Waals surface area contributed by atoms with Gasteiger partial charge in [0.25, 0.3) is 0 Å². The minimum Gasteiger partial charge on any atom is -0.339 e.